The molecule has 0 saturated carbocycles. The molecule has 3 saturated heterocycles. The Kier molecular flexibility index (Phi) is 46.2. The lowest BCUT2D eigenvalue weighted by Crippen LogP contribution is -2.44. The molecule has 0 aromatic carbocycles. The third-order valence-electron chi connectivity index (χ3n) is 25.3. The Morgan fingerprint density at radius 1 is 0.344 bits per heavy atom. The Balaban J connectivity index is 0.000000201. The molecule has 13 rings (SSSR count). The van der Waals surface area contributed by atoms with Crippen molar-refractivity contribution in [2.45, 2.75) is 279 Å². The molecule has 40 heteroatoms. The third-order valence-corrected chi connectivity index (χ3v) is 26.5. The molecule has 0 unspecified atom stereocenters. The molecule has 0 aliphatic carbocycles. The monoisotopic (exact) mass is 1890 g/mol. The number of unbranched alkanes of at least 4 members (excludes halogenated alkanes) is 29. The number of hydrogen-bond donors (Lipinski definition) is 7. The number of rotatable bonds is 44. The summed E-state index contributed by atoms with van der Waals surface area (Å²) >= 11 is 12.1. The van der Waals surface area contributed by atoms with Gasteiger partial charge in [-0.1, -0.05) is 172 Å². The Morgan fingerprint density at radius 3 is 0.977 bits per heavy atom. The third kappa shape index (κ3) is 34.8. The first-order valence-corrected chi connectivity index (χ1v) is 50.3. The van der Waals surface area contributed by atoms with E-state index in [1.165, 1.54) is 206 Å². The van der Waals surface area contributed by atoms with Gasteiger partial charge in [0.2, 0.25) is 5.28 Å². The van der Waals surface area contributed by atoms with Crippen LogP contribution < -0.4 is 50.3 Å². The minimum atomic E-state index is -3.82. The predicted molar refractivity (Wildman–Crippen MR) is 524 cm³/mol. The maximum Gasteiger partial charge on any atom is 0.329 e. The summed E-state index contributed by atoms with van der Waals surface area (Å²) in [5.74, 6) is 3.54. The number of aromatic amines is 4. The van der Waals surface area contributed by atoms with Crippen LogP contribution in [-0.2, 0) is 70.9 Å². The highest BCUT2D eigenvalue weighted by atomic mass is 35.5. The van der Waals surface area contributed by atoms with E-state index in [1.54, 1.807) is 28.2 Å². The Bertz CT molecular complexity index is 5690. The Labute approximate surface area is 779 Å². The molecule has 0 atom stereocenters. The van der Waals surface area contributed by atoms with Crippen LogP contribution >= 0.6 is 23.2 Å². The van der Waals surface area contributed by atoms with Gasteiger partial charge >= 0.3 is 22.8 Å². The summed E-state index contributed by atoms with van der Waals surface area (Å²) in [6.45, 7) is 29.9. The van der Waals surface area contributed by atoms with E-state index in [-0.39, 0.29) is 27.7 Å². The molecule has 7 N–H and O–H groups in total. The lowest BCUT2D eigenvalue weighted by atomic mass is 10.1. The number of imidazole rings is 4. The second-order valence-electron chi connectivity index (χ2n) is 35.8. The van der Waals surface area contributed by atoms with Crippen LogP contribution in [0.3, 0.4) is 0 Å². The van der Waals surface area contributed by atoms with E-state index in [2.05, 4.69) is 110 Å². The van der Waals surface area contributed by atoms with Crippen molar-refractivity contribution in [1.29, 1.82) is 0 Å². The molecule has 0 spiro atoms. The number of nitrogens with zero attached hydrogens (tertiary/aromatic N) is 20. The predicted octanol–water partition coefficient (Wildman–Crippen LogP) is 10.1. The van der Waals surface area contributed by atoms with Gasteiger partial charge in [-0.2, -0.15) is 13.4 Å². The smallest absolute Gasteiger partial charge is 0.329 e. The van der Waals surface area contributed by atoms with Crippen LogP contribution in [0.1, 0.15) is 248 Å². The zero-order valence-corrected chi connectivity index (χ0v) is 82.6. The molecule has 0 amide bonds. The summed E-state index contributed by atoms with van der Waals surface area (Å²) in [5, 5.41) is 12.5. The van der Waals surface area contributed by atoms with Gasteiger partial charge in [0.05, 0.1) is 11.3 Å². The number of fused-ring (bicyclic) bond motifs is 5. The number of H-pyrrole nitrogens is 4. The van der Waals surface area contributed by atoms with Gasteiger partial charge in [-0.25, -0.2) is 49.1 Å². The molecule has 3 fully saturated rings. The molecule has 4 aliphatic heterocycles. The zero-order chi connectivity index (χ0) is 95.1. The normalized spacial score (nSPS) is 14.7. The first-order chi connectivity index (χ1) is 62.8. The molecule has 13 heterocycles. The SMILES string of the molecule is CC1=Nc2c(c(=O)[nH]c(=O)n2C)C1.CN1CCNCC1.Cc1nc2c(c(=O)[nH]c(=O)n2C)n1CCCCCCCCCCCS(=O)(=O)O.Cc1nc2c(c(=O)[nH]c(=O)n2C)n1CCCCCCCCCCN1CCN(C)CC1.Cc1nc2c(c(=O)[nH]c(=O)n2C)n1CCCCCCCCCCO.Cc1nc2nc(Cl)nc(Cl)c2n1CCCCCCCCCCN1CCN(C)CC1. The second-order valence-corrected chi connectivity index (χ2v) is 38.1. The first kappa shape index (κ1) is 108. The topological polar surface area (TPSA) is 432 Å². The van der Waals surface area contributed by atoms with E-state index >= 15 is 0 Å². The number of aliphatic imine (C=N–C) groups is 1. The molecular formula is C91H151Cl2N25O12S. The molecule has 732 valence electrons. The average Bonchev–Trinajstić information content (AvgIpc) is 1.64. The van der Waals surface area contributed by atoms with Gasteiger partial charge in [-0.15, -0.1) is 0 Å². The molecular weight excluding hydrogens is 1740 g/mol. The minimum Gasteiger partial charge on any atom is -0.396 e. The summed E-state index contributed by atoms with van der Waals surface area (Å²) < 4.78 is 43.2. The van der Waals surface area contributed by atoms with Gasteiger partial charge in [0.25, 0.3) is 32.4 Å². The van der Waals surface area contributed by atoms with Crippen molar-refractivity contribution in [1.82, 2.24) is 116 Å². The van der Waals surface area contributed by atoms with Gasteiger partial charge in [-0.3, -0.25) is 61.9 Å². The molecule has 0 bridgehead atoms. The lowest BCUT2D eigenvalue weighted by Gasteiger charge is -2.32. The average molecular weight is 1890 g/mol. The van der Waals surface area contributed by atoms with Crippen LogP contribution in [0, 0.1) is 27.7 Å². The molecule has 0 radical (unpaired) electrons. The molecule has 131 heavy (non-hydrogen) atoms. The van der Waals surface area contributed by atoms with Gasteiger partial charge in [0.1, 0.15) is 34.6 Å². The van der Waals surface area contributed by atoms with E-state index < -0.39 is 38.4 Å². The number of aryl methyl sites for hydroxylation is 11. The Morgan fingerprint density at radius 2 is 0.641 bits per heavy atom. The summed E-state index contributed by atoms with van der Waals surface area (Å²) in [5.41, 5.74) is 2.47. The van der Waals surface area contributed by atoms with Gasteiger partial charge < -0.3 is 53.2 Å². The number of piperazine rings is 3. The van der Waals surface area contributed by atoms with Crippen molar-refractivity contribution >= 4 is 89.5 Å². The van der Waals surface area contributed by atoms with Gasteiger partial charge in [0, 0.05) is 152 Å². The van der Waals surface area contributed by atoms with Crippen molar-refractivity contribution in [3.05, 3.63) is 123 Å². The first-order valence-electron chi connectivity index (χ1n) is 47.9. The summed E-state index contributed by atoms with van der Waals surface area (Å²) in [6, 6.07) is 0. The summed E-state index contributed by atoms with van der Waals surface area (Å²) in [7, 11) is 9.21. The van der Waals surface area contributed by atoms with Crippen LogP contribution in [0.5, 0.6) is 0 Å². The number of aromatic nitrogens is 18. The van der Waals surface area contributed by atoms with Crippen LogP contribution in [0.4, 0.5) is 5.82 Å². The van der Waals surface area contributed by atoms with Crippen molar-refractivity contribution < 1.29 is 18.1 Å². The van der Waals surface area contributed by atoms with Crippen LogP contribution in [0.25, 0.3) is 44.7 Å². The minimum absolute atomic E-state index is 0.146. The van der Waals surface area contributed by atoms with Crippen molar-refractivity contribution in [3.63, 3.8) is 0 Å². The number of halogens is 2. The Hall–Kier alpha value is -8.44. The number of likely N-dealkylation sites (N-methyl/N-ethyl adjacent to an activating group) is 3. The lowest BCUT2D eigenvalue weighted by molar-refractivity contribution is 0.152. The van der Waals surface area contributed by atoms with E-state index in [0.717, 1.165) is 164 Å². The zero-order valence-electron chi connectivity index (χ0n) is 80.3. The molecule has 4 aliphatic rings. The highest BCUT2D eigenvalue weighted by molar-refractivity contribution is 7.85. The number of hydrogen-bond acceptors (Lipinski definition) is 24. The quantitative estimate of drug-likeness (QED) is 0.00807. The largest absolute Gasteiger partial charge is 0.396 e. The van der Waals surface area contributed by atoms with Crippen molar-refractivity contribution in [3.8, 4) is 0 Å². The summed E-state index contributed by atoms with van der Waals surface area (Å²) in [6.07, 6.45) is 38.6. The number of nitrogens with one attached hydrogen (secondary N) is 5. The van der Waals surface area contributed by atoms with Crippen molar-refractivity contribution in [2.75, 3.05) is 125 Å². The fourth-order valence-electron chi connectivity index (χ4n) is 17.1. The number of aliphatic hydroxyl groups excluding tert-OH is 1. The van der Waals surface area contributed by atoms with Crippen molar-refractivity contribution in [2.24, 2.45) is 33.2 Å². The van der Waals surface area contributed by atoms with Crippen LogP contribution in [0.15, 0.2) is 43.3 Å². The summed E-state index contributed by atoms with van der Waals surface area (Å²) in [4.78, 5) is 146. The van der Waals surface area contributed by atoms with E-state index in [4.69, 9.17) is 32.9 Å². The van der Waals surface area contributed by atoms with Crippen LogP contribution in [-0.4, -0.2) is 260 Å². The standard InChI is InChI=1S/C22H38N6O2.C21H34Cl2N6.C18H30N4O5S.C17H28N4O3.C8H9N3O2.C5H12N2/c1-18-23-20-19(21(29)24-22(30)26(20)3)28(18)13-11-9-7-5-4-6-8-10-12-27-16-14-25(2)15-17-27;1-17-24-20-18(19(22)25-21(23)26-20)29(17)12-10-8-6-4-3-5-7-9-11-28-15-13-27(2)14-16-28;1-14-19-16-15(17(23)20-18(24)21(16)2)22(14)12-10-8-6-4-3-5-7-9-11-13-28(25,26)27;1-13-18-15-14(16(23)19-17(24)20(15)2)21(13)11-9-7-5-3-4-6-8-10-12-22;1-4-3-5-6(9-4)11(2)8(13)10-7(5)12;1-7-4-2-6-3-5-7/h4-17H2,1-3H3,(H,24,29,30);3-16H2,1-2H3;3-13H2,1-2H3,(H,20,23,24)(H,25,26,27);22H,3-12H2,1-2H3,(H,19,23,24);3H2,1-2H3,(H,10,12,13);6H,2-5H2,1H3. The highest BCUT2D eigenvalue weighted by Crippen LogP contribution is 2.26. The van der Waals surface area contributed by atoms with Gasteiger partial charge in [0.15, 0.2) is 44.3 Å². The second kappa shape index (κ2) is 56.0. The molecule has 37 nitrogen and oxygen atoms in total. The molecule has 9 aromatic rings. The maximum atomic E-state index is 12.2. The number of aliphatic hydroxyl groups is 1. The fraction of sp³-hybridized carbons (Fsp3) is 0.725. The maximum absolute atomic E-state index is 12.2. The molecule has 9 aromatic heterocycles. The fourth-order valence-corrected chi connectivity index (χ4v) is 18.2. The van der Waals surface area contributed by atoms with E-state index in [0.29, 0.717) is 81.7 Å². The van der Waals surface area contributed by atoms with E-state index in [9.17, 15) is 46.8 Å². The highest BCUT2D eigenvalue weighted by Gasteiger charge is 2.23. The van der Waals surface area contributed by atoms with E-state index in [1.807, 2.05) is 48.3 Å². The van der Waals surface area contributed by atoms with Crippen LogP contribution in [0.2, 0.25) is 10.4 Å². The van der Waals surface area contributed by atoms with Gasteiger partial charge in [-0.05, 0) is 132 Å².